The number of hydrogen-bond acceptors (Lipinski definition) is 4. The number of benzene rings is 1. The highest BCUT2D eigenvalue weighted by Gasteiger charge is 2.58. The molecule has 1 aliphatic carbocycles. The molecule has 2 atom stereocenters. The lowest BCUT2D eigenvalue weighted by Gasteiger charge is -2.08. The maximum atomic E-state index is 12.0. The molecule has 2 rings (SSSR count). The first-order valence-corrected chi connectivity index (χ1v) is 6.72. The number of rotatable bonds is 3. The van der Waals surface area contributed by atoms with E-state index in [1.807, 2.05) is 0 Å². The van der Waals surface area contributed by atoms with Crippen molar-refractivity contribution in [1.82, 2.24) is 0 Å². The zero-order chi connectivity index (χ0) is 12.0. The average molecular weight is 262 g/mol. The van der Waals surface area contributed by atoms with Gasteiger partial charge in [0, 0.05) is 5.02 Å². The molecular weight excluding hydrogens is 250 g/mol. The van der Waals surface area contributed by atoms with Crippen LogP contribution in [0.15, 0.2) is 29.2 Å². The number of aliphatic hydroxyl groups excluding tert-OH is 1. The molecule has 1 aromatic carbocycles. The molecule has 0 bridgehead atoms. The van der Waals surface area contributed by atoms with Crippen LogP contribution in [0.25, 0.3) is 0 Å². The van der Waals surface area contributed by atoms with Gasteiger partial charge in [-0.25, -0.2) is 8.42 Å². The van der Waals surface area contributed by atoms with E-state index in [0.717, 1.165) is 0 Å². The van der Waals surface area contributed by atoms with Crippen molar-refractivity contribution in [2.75, 3.05) is 6.61 Å². The van der Waals surface area contributed by atoms with Crippen LogP contribution in [-0.2, 0) is 9.84 Å². The summed E-state index contributed by atoms with van der Waals surface area (Å²) in [6.07, 6.45) is 0.300. The molecule has 4 nitrogen and oxygen atoms in total. The first-order valence-electron chi connectivity index (χ1n) is 4.79. The molecule has 16 heavy (non-hydrogen) atoms. The minimum atomic E-state index is -3.45. The van der Waals surface area contributed by atoms with Gasteiger partial charge in [0.15, 0.2) is 9.84 Å². The van der Waals surface area contributed by atoms with Crippen molar-refractivity contribution >= 4 is 21.4 Å². The lowest BCUT2D eigenvalue weighted by Crippen LogP contribution is -2.34. The molecule has 2 unspecified atom stereocenters. The molecule has 1 saturated carbocycles. The fraction of sp³-hybridized carbons (Fsp3) is 0.400. The van der Waals surface area contributed by atoms with E-state index in [1.165, 1.54) is 24.3 Å². The molecule has 0 saturated heterocycles. The van der Waals surface area contributed by atoms with E-state index in [2.05, 4.69) is 0 Å². The maximum absolute atomic E-state index is 12.0. The second-order valence-electron chi connectivity index (χ2n) is 4.08. The van der Waals surface area contributed by atoms with Crippen molar-refractivity contribution in [1.29, 1.82) is 0 Å². The van der Waals surface area contributed by atoms with Gasteiger partial charge in [0.2, 0.25) is 0 Å². The second kappa shape index (κ2) is 3.70. The minimum absolute atomic E-state index is 0.197. The monoisotopic (exact) mass is 261 g/mol. The molecule has 0 aromatic heterocycles. The molecule has 1 aromatic rings. The molecule has 1 fully saturated rings. The molecule has 3 N–H and O–H groups in total. The van der Waals surface area contributed by atoms with Crippen LogP contribution in [0.2, 0.25) is 5.02 Å². The first-order chi connectivity index (χ1) is 7.40. The van der Waals surface area contributed by atoms with Crippen molar-refractivity contribution in [3.05, 3.63) is 29.3 Å². The maximum Gasteiger partial charge on any atom is 0.183 e. The summed E-state index contributed by atoms with van der Waals surface area (Å²) in [4.78, 5) is 0.197. The number of sulfone groups is 1. The topological polar surface area (TPSA) is 80.4 Å². The molecule has 6 heteroatoms. The molecule has 0 radical (unpaired) electrons. The Morgan fingerprint density at radius 1 is 1.44 bits per heavy atom. The van der Waals surface area contributed by atoms with E-state index in [0.29, 0.717) is 11.4 Å². The smallest absolute Gasteiger partial charge is 0.183 e. The van der Waals surface area contributed by atoms with Gasteiger partial charge in [0.25, 0.3) is 0 Å². The normalized spacial score (nSPS) is 29.1. The van der Waals surface area contributed by atoms with Gasteiger partial charge in [-0.15, -0.1) is 0 Å². The lowest BCUT2D eigenvalue weighted by molar-refractivity contribution is 0.257. The second-order valence-corrected chi connectivity index (χ2v) is 6.65. The molecule has 0 aliphatic heterocycles. The number of halogens is 1. The van der Waals surface area contributed by atoms with E-state index < -0.39 is 20.6 Å². The standard InChI is InChI=1S/C10H12ClNO3S/c11-7-1-3-8(4-2-7)16(14,15)9-5-10(9,12)6-13/h1-4,9,13H,5-6,12H2. The van der Waals surface area contributed by atoms with Crippen molar-refractivity contribution in [2.24, 2.45) is 5.73 Å². The van der Waals surface area contributed by atoms with E-state index in [1.54, 1.807) is 0 Å². The molecule has 1 aliphatic rings. The SMILES string of the molecule is NC1(CO)CC1S(=O)(=O)c1ccc(Cl)cc1. The highest BCUT2D eigenvalue weighted by atomic mass is 35.5. The largest absolute Gasteiger partial charge is 0.394 e. The van der Waals surface area contributed by atoms with Gasteiger partial charge in [-0.05, 0) is 30.7 Å². The van der Waals surface area contributed by atoms with E-state index in [-0.39, 0.29) is 11.5 Å². The van der Waals surface area contributed by atoms with Crippen LogP contribution in [0, 0.1) is 0 Å². The Morgan fingerprint density at radius 2 is 2.00 bits per heavy atom. The molecular formula is C10H12ClNO3S. The Kier molecular flexibility index (Phi) is 2.74. The molecule has 0 spiro atoms. The van der Waals surface area contributed by atoms with E-state index in [4.69, 9.17) is 22.4 Å². The quantitative estimate of drug-likeness (QED) is 0.834. The Bertz CT molecular complexity index is 499. The van der Waals surface area contributed by atoms with Crippen LogP contribution in [-0.4, -0.2) is 30.9 Å². The highest BCUT2D eigenvalue weighted by Crippen LogP contribution is 2.42. The number of aliphatic hydroxyl groups is 1. The Labute approximate surface area is 98.9 Å². The third kappa shape index (κ3) is 1.84. The summed E-state index contributed by atoms with van der Waals surface area (Å²) in [6, 6.07) is 5.95. The predicted molar refractivity (Wildman–Crippen MR) is 61.0 cm³/mol. The van der Waals surface area contributed by atoms with Gasteiger partial charge < -0.3 is 10.8 Å². The predicted octanol–water partition coefficient (Wildman–Crippen LogP) is 0.576. The summed E-state index contributed by atoms with van der Waals surface area (Å²) < 4.78 is 24.1. The van der Waals surface area contributed by atoms with Gasteiger partial charge in [-0.3, -0.25) is 0 Å². The summed E-state index contributed by atoms with van der Waals surface area (Å²) in [5.74, 6) is 0. The Hall–Kier alpha value is -0.620. The summed E-state index contributed by atoms with van der Waals surface area (Å²) in [7, 11) is -3.45. The summed E-state index contributed by atoms with van der Waals surface area (Å²) in [5, 5.41) is 8.77. The summed E-state index contributed by atoms with van der Waals surface area (Å²) in [5.41, 5.74) is 4.71. The van der Waals surface area contributed by atoms with E-state index >= 15 is 0 Å². The van der Waals surface area contributed by atoms with Crippen molar-refractivity contribution in [3.8, 4) is 0 Å². The third-order valence-electron chi connectivity index (χ3n) is 2.86. The van der Waals surface area contributed by atoms with Crippen LogP contribution < -0.4 is 5.73 Å². The average Bonchev–Trinajstić information content (AvgIpc) is 2.93. The van der Waals surface area contributed by atoms with Crippen molar-refractivity contribution in [3.63, 3.8) is 0 Å². The molecule has 88 valence electrons. The highest BCUT2D eigenvalue weighted by molar-refractivity contribution is 7.92. The van der Waals surface area contributed by atoms with Crippen LogP contribution in [0.5, 0.6) is 0 Å². The van der Waals surface area contributed by atoms with Crippen LogP contribution in [0.4, 0.5) is 0 Å². The third-order valence-corrected chi connectivity index (χ3v) is 5.42. The van der Waals surface area contributed by atoms with Crippen LogP contribution in [0.3, 0.4) is 0 Å². The summed E-state index contributed by atoms with van der Waals surface area (Å²) in [6.45, 7) is -0.315. The Balaban J connectivity index is 2.31. The lowest BCUT2D eigenvalue weighted by atomic mass is 10.3. The first kappa shape index (κ1) is 11.9. The van der Waals surface area contributed by atoms with Gasteiger partial charge in [0.05, 0.1) is 22.3 Å². The van der Waals surface area contributed by atoms with Crippen molar-refractivity contribution in [2.45, 2.75) is 22.1 Å². The van der Waals surface area contributed by atoms with Gasteiger partial charge in [-0.2, -0.15) is 0 Å². The van der Waals surface area contributed by atoms with Crippen LogP contribution in [0.1, 0.15) is 6.42 Å². The zero-order valence-corrected chi connectivity index (χ0v) is 10.0. The minimum Gasteiger partial charge on any atom is -0.394 e. The molecule has 0 amide bonds. The van der Waals surface area contributed by atoms with E-state index in [9.17, 15) is 8.42 Å². The van der Waals surface area contributed by atoms with Gasteiger partial charge >= 0.3 is 0 Å². The van der Waals surface area contributed by atoms with Crippen molar-refractivity contribution < 1.29 is 13.5 Å². The van der Waals surface area contributed by atoms with Gasteiger partial charge in [-0.1, -0.05) is 11.6 Å². The fourth-order valence-corrected chi connectivity index (χ4v) is 3.85. The van der Waals surface area contributed by atoms with Gasteiger partial charge in [0.1, 0.15) is 0 Å². The molecule has 0 heterocycles. The number of hydrogen-bond donors (Lipinski definition) is 2. The zero-order valence-electron chi connectivity index (χ0n) is 8.43. The fourth-order valence-electron chi connectivity index (χ4n) is 1.66. The Morgan fingerprint density at radius 3 is 2.44 bits per heavy atom. The number of nitrogens with two attached hydrogens (primary N) is 1. The van der Waals surface area contributed by atoms with Crippen LogP contribution >= 0.6 is 11.6 Å². The summed E-state index contributed by atoms with van der Waals surface area (Å²) >= 11 is 5.68.